The van der Waals surface area contributed by atoms with Gasteiger partial charge >= 0.3 is 23.9 Å². The number of amides is 2. The molecule has 1 fully saturated rings. The molecular formula is C29H52N6O11. The SMILES string of the molecule is N[C@H](CC1CCCCC1)C(=O)NOCCCCCCNC(=O)CN(CCN(CC(=O)O)CC(=O)O)CCN(CC(=O)O)CC(=O)O. The molecule has 0 radical (unpaired) electrons. The number of hydrogen-bond acceptors (Lipinski definition) is 11. The molecule has 0 saturated heterocycles. The predicted octanol–water partition coefficient (Wildman–Crippen LogP) is -0.747. The van der Waals surface area contributed by atoms with Crippen LogP contribution in [0.1, 0.15) is 64.2 Å². The molecule has 0 aliphatic heterocycles. The molecule has 1 rings (SSSR count). The number of carboxylic acids is 4. The van der Waals surface area contributed by atoms with Crippen LogP contribution in [0.4, 0.5) is 0 Å². The second kappa shape index (κ2) is 23.9. The number of carbonyl (C=O) groups excluding carboxylic acids is 2. The zero-order valence-electron chi connectivity index (χ0n) is 26.6. The van der Waals surface area contributed by atoms with Crippen molar-refractivity contribution in [3.05, 3.63) is 0 Å². The summed E-state index contributed by atoms with van der Waals surface area (Å²) >= 11 is 0. The Morgan fingerprint density at radius 3 is 1.65 bits per heavy atom. The molecular weight excluding hydrogens is 608 g/mol. The van der Waals surface area contributed by atoms with E-state index in [4.69, 9.17) is 31.0 Å². The molecule has 1 aliphatic carbocycles. The topological polar surface area (TPSA) is 252 Å². The minimum atomic E-state index is -1.22. The molecule has 0 unspecified atom stereocenters. The third-order valence-electron chi connectivity index (χ3n) is 7.58. The molecule has 17 heteroatoms. The number of aliphatic carboxylic acids is 4. The first-order valence-corrected chi connectivity index (χ1v) is 15.8. The van der Waals surface area contributed by atoms with E-state index in [1.165, 1.54) is 29.1 Å². The van der Waals surface area contributed by atoms with Crippen LogP contribution in [0.2, 0.25) is 0 Å². The van der Waals surface area contributed by atoms with Crippen LogP contribution >= 0.6 is 0 Å². The van der Waals surface area contributed by atoms with E-state index in [0.717, 1.165) is 25.7 Å². The lowest BCUT2D eigenvalue weighted by atomic mass is 9.85. The van der Waals surface area contributed by atoms with E-state index in [-0.39, 0.29) is 44.5 Å². The van der Waals surface area contributed by atoms with Crippen LogP contribution in [-0.2, 0) is 33.6 Å². The molecule has 1 saturated carbocycles. The summed E-state index contributed by atoms with van der Waals surface area (Å²) in [5, 5.41) is 39.1. The van der Waals surface area contributed by atoms with Crippen molar-refractivity contribution in [1.82, 2.24) is 25.5 Å². The van der Waals surface area contributed by atoms with Crippen LogP contribution in [0, 0.1) is 5.92 Å². The molecule has 0 aromatic heterocycles. The third-order valence-corrected chi connectivity index (χ3v) is 7.58. The first-order valence-electron chi connectivity index (χ1n) is 15.8. The lowest BCUT2D eigenvalue weighted by Gasteiger charge is -2.28. The van der Waals surface area contributed by atoms with E-state index in [2.05, 4.69) is 10.8 Å². The summed E-state index contributed by atoms with van der Waals surface area (Å²) in [6.45, 7) is -1.35. The summed E-state index contributed by atoms with van der Waals surface area (Å²) < 4.78 is 0. The summed E-state index contributed by atoms with van der Waals surface area (Å²) in [4.78, 5) is 78.6. The molecule has 1 atom stereocenters. The molecule has 264 valence electrons. The Bertz CT molecular complexity index is 892. The van der Waals surface area contributed by atoms with Crippen molar-refractivity contribution in [1.29, 1.82) is 0 Å². The second-order valence-corrected chi connectivity index (χ2v) is 11.7. The highest BCUT2D eigenvalue weighted by molar-refractivity contribution is 5.80. The van der Waals surface area contributed by atoms with Crippen molar-refractivity contribution in [3.63, 3.8) is 0 Å². The zero-order valence-corrected chi connectivity index (χ0v) is 26.6. The van der Waals surface area contributed by atoms with E-state index < -0.39 is 56.1 Å². The number of carboxylic acid groups (broad SMARTS) is 4. The van der Waals surface area contributed by atoms with Crippen LogP contribution in [0.25, 0.3) is 0 Å². The van der Waals surface area contributed by atoms with Crippen LogP contribution in [0.3, 0.4) is 0 Å². The van der Waals surface area contributed by atoms with Crippen LogP contribution in [-0.4, -0.2) is 149 Å². The van der Waals surface area contributed by atoms with Gasteiger partial charge in [-0.1, -0.05) is 44.9 Å². The van der Waals surface area contributed by atoms with Crippen molar-refractivity contribution in [2.75, 3.05) is 72.1 Å². The van der Waals surface area contributed by atoms with E-state index in [0.29, 0.717) is 38.3 Å². The van der Waals surface area contributed by atoms with Gasteiger partial charge in [0.15, 0.2) is 0 Å². The Labute approximate surface area is 269 Å². The van der Waals surface area contributed by atoms with Crippen molar-refractivity contribution in [2.45, 2.75) is 70.3 Å². The van der Waals surface area contributed by atoms with Crippen LogP contribution in [0.5, 0.6) is 0 Å². The summed E-state index contributed by atoms with van der Waals surface area (Å²) in [5.74, 6) is -5.03. The number of nitrogens with zero attached hydrogens (tertiary/aromatic N) is 3. The Morgan fingerprint density at radius 1 is 0.674 bits per heavy atom. The van der Waals surface area contributed by atoms with Gasteiger partial charge in [-0.05, 0) is 25.2 Å². The largest absolute Gasteiger partial charge is 0.480 e. The van der Waals surface area contributed by atoms with E-state index in [9.17, 15) is 28.8 Å². The van der Waals surface area contributed by atoms with Crippen molar-refractivity contribution >= 4 is 35.7 Å². The van der Waals surface area contributed by atoms with Gasteiger partial charge in [-0.15, -0.1) is 0 Å². The lowest BCUT2D eigenvalue weighted by Crippen LogP contribution is -2.47. The minimum Gasteiger partial charge on any atom is -0.480 e. The normalized spacial score (nSPS) is 14.3. The highest BCUT2D eigenvalue weighted by atomic mass is 16.6. The van der Waals surface area contributed by atoms with Gasteiger partial charge < -0.3 is 31.5 Å². The van der Waals surface area contributed by atoms with Crippen molar-refractivity contribution in [3.8, 4) is 0 Å². The number of nitrogens with one attached hydrogen (secondary N) is 2. The quantitative estimate of drug-likeness (QED) is 0.0423. The van der Waals surface area contributed by atoms with Gasteiger partial charge in [0.25, 0.3) is 5.91 Å². The summed E-state index contributed by atoms with van der Waals surface area (Å²) in [6, 6.07) is -0.579. The Hall–Kier alpha value is -3.38. The molecule has 2 amide bonds. The van der Waals surface area contributed by atoms with Crippen molar-refractivity contribution in [2.24, 2.45) is 11.7 Å². The molecule has 0 aromatic rings. The second-order valence-electron chi connectivity index (χ2n) is 11.7. The Balaban J connectivity index is 2.42. The van der Waals surface area contributed by atoms with Crippen molar-refractivity contribution < 1.29 is 54.0 Å². The highest BCUT2D eigenvalue weighted by Crippen LogP contribution is 2.26. The maximum atomic E-state index is 12.6. The Morgan fingerprint density at radius 2 is 1.15 bits per heavy atom. The molecule has 0 bridgehead atoms. The number of hydroxylamine groups is 1. The van der Waals surface area contributed by atoms with Gasteiger partial charge in [0.05, 0.1) is 45.4 Å². The van der Waals surface area contributed by atoms with Crippen LogP contribution < -0.4 is 16.5 Å². The maximum Gasteiger partial charge on any atom is 0.317 e. The zero-order chi connectivity index (χ0) is 34.3. The predicted molar refractivity (Wildman–Crippen MR) is 165 cm³/mol. The summed E-state index contributed by atoms with van der Waals surface area (Å²) in [5.41, 5.74) is 8.44. The molecule has 0 aromatic carbocycles. The molecule has 1 aliphatic rings. The summed E-state index contributed by atoms with van der Waals surface area (Å²) in [6.07, 6.45) is 9.50. The van der Waals surface area contributed by atoms with Crippen LogP contribution in [0.15, 0.2) is 0 Å². The van der Waals surface area contributed by atoms with Gasteiger partial charge in [-0.2, -0.15) is 0 Å². The van der Waals surface area contributed by atoms with Gasteiger partial charge in [0, 0.05) is 32.7 Å². The molecule has 0 spiro atoms. The maximum absolute atomic E-state index is 12.6. The number of rotatable bonds is 27. The lowest BCUT2D eigenvalue weighted by molar-refractivity contribution is -0.143. The number of hydrogen-bond donors (Lipinski definition) is 7. The number of unbranched alkanes of at least 4 members (excludes halogenated alkanes) is 3. The van der Waals surface area contributed by atoms with Gasteiger partial charge in [-0.25, -0.2) is 5.48 Å². The first kappa shape index (κ1) is 40.6. The van der Waals surface area contributed by atoms with Gasteiger partial charge in [0.1, 0.15) is 0 Å². The standard InChI is InChI=1S/C29H52N6O11/c30-23(16-22-8-4-3-5-9-22)29(45)32-46-15-7-2-1-6-10-31-24(36)17-33(11-13-34(18-25(37)38)19-26(39)40)12-14-35(20-27(41)42)21-28(43)44/h22-23H,1-21,30H2,(H,31,36)(H,32,45)(H,37,38)(H,39,40)(H,41,42)(H,43,44)/t23-/m1/s1. The smallest absolute Gasteiger partial charge is 0.317 e. The average molecular weight is 661 g/mol. The molecule has 0 heterocycles. The minimum absolute atomic E-state index is 0.00127. The van der Waals surface area contributed by atoms with Gasteiger partial charge in [0.2, 0.25) is 5.91 Å². The van der Waals surface area contributed by atoms with Gasteiger partial charge in [-0.3, -0.25) is 48.3 Å². The highest BCUT2D eigenvalue weighted by Gasteiger charge is 2.22. The monoisotopic (exact) mass is 660 g/mol. The molecule has 46 heavy (non-hydrogen) atoms. The molecule has 17 nitrogen and oxygen atoms in total. The average Bonchev–Trinajstić information content (AvgIpc) is 2.96. The van der Waals surface area contributed by atoms with E-state index >= 15 is 0 Å². The Kier molecular flexibility index (Phi) is 21.1. The van der Waals surface area contributed by atoms with E-state index in [1.54, 1.807) is 4.90 Å². The molecule has 8 N–H and O–H groups in total. The third kappa shape index (κ3) is 21.4. The fraction of sp³-hybridized carbons (Fsp3) is 0.793. The fourth-order valence-electron chi connectivity index (χ4n) is 5.26. The fourth-order valence-corrected chi connectivity index (χ4v) is 5.26. The summed E-state index contributed by atoms with van der Waals surface area (Å²) in [7, 11) is 0. The van der Waals surface area contributed by atoms with E-state index in [1.807, 2.05) is 0 Å². The number of nitrogens with two attached hydrogens (primary N) is 1. The number of carbonyl (C=O) groups is 6. The first-order chi connectivity index (χ1) is 21.8.